The van der Waals surface area contributed by atoms with Gasteiger partial charge >= 0.3 is 5.97 Å². The van der Waals surface area contributed by atoms with Gasteiger partial charge in [0.2, 0.25) is 0 Å². The Kier molecular flexibility index (Phi) is 3.14. The number of nitrogens with zero attached hydrogens (tertiary/aromatic N) is 2. The van der Waals surface area contributed by atoms with Crippen molar-refractivity contribution in [1.82, 2.24) is 0 Å². The number of hydrogen-bond donors (Lipinski definition) is 0. The monoisotopic (exact) mass is 274 g/mol. The number of carbonyl (C=O) groups excluding carboxylic acids is 1. The van der Waals surface area contributed by atoms with Gasteiger partial charge in [0.15, 0.2) is 6.04 Å². The van der Waals surface area contributed by atoms with E-state index in [0.29, 0.717) is 5.75 Å². The number of fused-ring (bicyclic) bond motifs is 1. The minimum Gasteiger partial charge on any atom is -0.467 e. The van der Waals surface area contributed by atoms with Crippen molar-refractivity contribution in [2.45, 2.75) is 19.4 Å². The van der Waals surface area contributed by atoms with Crippen molar-refractivity contribution in [2.75, 3.05) is 12.9 Å². The van der Waals surface area contributed by atoms with Crippen LogP contribution in [0.15, 0.2) is 28.2 Å². The Hall–Kier alpha value is -1.62. The first-order valence-corrected chi connectivity index (χ1v) is 7.12. The van der Waals surface area contributed by atoms with E-state index < -0.39 is 0 Å². The molecule has 2 aliphatic rings. The topological polar surface area (TPSA) is 51.0 Å². The quantitative estimate of drug-likeness (QED) is 0.778. The highest BCUT2D eigenvalue weighted by Crippen LogP contribution is 2.31. The second-order valence-corrected chi connectivity index (χ2v) is 5.66. The van der Waals surface area contributed by atoms with E-state index in [1.807, 2.05) is 6.07 Å². The standard InChI is InChI=1S/C14H14N2O2S/c1-8-3-4-10-9(5-8)6-11(15-10)13-16-12(7-19-13)14(17)18-2/h3-5,12H,6-7H2,1-2H3/t12-/m1/s1. The number of aliphatic imine (C=N–C) groups is 2. The molecule has 4 nitrogen and oxygen atoms in total. The number of rotatable bonds is 2. The lowest BCUT2D eigenvalue weighted by atomic mass is 10.1. The molecule has 19 heavy (non-hydrogen) atoms. The fourth-order valence-corrected chi connectivity index (χ4v) is 3.25. The highest BCUT2D eigenvalue weighted by Gasteiger charge is 2.29. The Balaban J connectivity index is 1.82. The number of methoxy groups -OCH3 is 1. The molecule has 0 saturated heterocycles. The van der Waals surface area contributed by atoms with Crippen LogP contribution in [0.3, 0.4) is 0 Å². The minimum absolute atomic E-state index is 0.269. The molecule has 0 amide bonds. The first-order chi connectivity index (χ1) is 9.17. The predicted molar refractivity (Wildman–Crippen MR) is 77.7 cm³/mol. The summed E-state index contributed by atoms with van der Waals surface area (Å²) in [5.41, 5.74) is 4.46. The van der Waals surface area contributed by atoms with Crippen LogP contribution in [0.1, 0.15) is 11.1 Å². The molecule has 0 spiro atoms. The molecule has 0 aromatic heterocycles. The van der Waals surface area contributed by atoms with Gasteiger partial charge in [-0.05, 0) is 18.6 Å². The molecule has 0 bridgehead atoms. The highest BCUT2D eigenvalue weighted by atomic mass is 32.2. The molecular weight excluding hydrogens is 260 g/mol. The van der Waals surface area contributed by atoms with Crippen molar-refractivity contribution in [3.8, 4) is 0 Å². The minimum atomic E-state index is -0.377. The summed E-state index contributed by atoms with van der Waals surface area (Å²) in [6, 6.07) is 5.88. The van der Waals surface area contributed by atoms with Crippen molar-refractivity contribution in [3.63, 3.8) is 0 Å². The molecule has 1 aromatic rings. The molecule has 0 aliphatic carbocycles. The average molecular weight is 274 g/mol. The van der Waals surface area contributed by atoms with Crippen molar-refractivity contribution in [3.05, 3.63) is 29.3 Å². The largest absolute Gasteiger partial charge is 0.467 e. The molecule has 0 fully saturated rings. The van der Waals surface area contributed by atoms with Gasteiger partial charge in [0.1, 0.15) is 5.04 Å². The smallest absolute Gasteiger partial charge is 0.331 e. The van der Waals surface area contributed by atoms with E-state index in [1.54, 1.807) is 11.8 Å². The Labute approximate surface area is 116 Å². The number of carbonyl (C=O) groups is 1. The molecule has 5 heteroatoms. The van der Waals surface area contributed by atoms with Crippen LogP contribution < -0.4 is 0 Å². The molecule has 0 unspecified atom stereocenters. The fourth-order valence-electron chi connectivity index (χ4n) is 2.24. The Morgan fingerprint density at radius 1 is 1.47 bits per heavy atom. The molecule has 0 N–H and O–H groups in total. The van der Waals surface area contributed by atoms with Gasteiger partial charge in [-0.1, -0.05) is 17.7 Å². The summed E-state index contributed by atoms with van der Waals surface area (Å²) in [6.45, 7) is 2.08. The van der Waals surface area contributed by atoms with Crippen molar-refractivity contribution < 1.29 is 9.53 Å². The second-order valence-electron chi connectivity index (χ2n) is 4.65. The summed E-state index contributed by atoms with van der Waals surface area (Å²) in [4.78, 5) is 20.5. The Bertz CT molecular complexity index is 607. The van der Waals surface area contributed by atoms with Crippen LogP contribution in [0, 0.1) is 6.92 Å². The van der Waals surface area contributed by atoms with Gasteiger partial charge in [-0.25, -0.2) is 4.79 Å². The van der Waals surface area contributed by atoms with Gasteiger partial charge < -0.3 is 4.74 Å². The van der Waals surface area contributed by atoms with Gasteiger partial charge in [-0.2, -0.15) is 0 Å². The third-order valence-corrected chi connectivity index (χ3v) is 4.32. The summed E-state index contributed by atoms with van der Waals surface area (Å²) >= 11 is 1.58. The summed E-state index contributed by atoms with van der Waals surface area (Å²) in [6.07, 6.45) is 0.802. The first-order valence-electron chi connectivity index (χ1n) is 6.13. The van der Waals surface area contributed by atoms with Crippen LogP contribution >= 0.6 is 11.8 Å². The zero-order valence-corrected chi connectivity index (χ0v) is 11.7. The van der Waals surface area contributed by atoms with E-state index in [0.717, 1.165) is 22.9 Å². The number of thioether (sulfide) groups is 1. The van der Waals surface area contributed by atoms with E-state index >= 15 is 0 Å². The number of esters is 1. The lowest BCUT2D eigenvalue weighted by Crippen LogP contribution is -2.20. The van der Waals surface area contributed by atoms with Crippen LogP contribution in [0.25, 0.3) is 0 Å². The molecule has 98 valence electrons. The zero-order chi connectivity index (χ0) is 13.4. The second kappa shape index (κ2) is 4.81. The fraction of sp³-hybridized carbons (Fsp3) is 0.357. The maximum atomic E-state index is 11.5. The summed E-state index contributed by atoms with van der Waals surface area (Å²) in [5.74, 6) is 0.380. The lowest BCUT2D eigenvalue weighted by molar-refractivity contribution is -0.141. The number of ether oxygens (including phenoxy) is 1. The third kappa shape index (κ3) is 2.30. The van der Waals surface area contributed by atoms with Crippen LogP contribution in [0.5, 0.6) is 0 Å². The molecule has 1 atom stereocenters. The van der Waals surface area contributed by atoms with E-state index in [1.165, 1.54) is 18.2 Å². The van der Waals surface area contributed by atoms with Crippen LogP contribution in [-0.4, -0.2) is 35.6 Å². The summed E-state index contributed by atoms with van der Waals surface area (Å²) < 4.78 is 4.72. The molecule has 1 aromatic carbocycles. The molecule has 2 heterocycles. The molecular formula is C14H14N2O2S. The van der Waals surface area contributed by atoms with E-state index in [9.17, 15) is 4.79 Å². The third-order valence-electron chi connectivity index (χ3n) is 3.22. The van der Waals surface area contributed by atoms with Crippen LogP contribution in [0.2, 0.25) is 0 Å². The van der Waals surface area contributed by atoms with Crippen molar-refractivity contribution in [2.24, 2.45) is 9.98 Å². The SMILES string of the molecule is COC(=O)[C@H]1CSC(C2=Nc3ccc(C)cc3C2)=N1. The molecule has 2 aliphatic heterocycles. The molecule has 3 rings (SSSR count). The van der Waals surface area contributed by atoms with Gasteiger partial charge in [0, 0.05) is 12.2 Å². The van der Waals surface area contributed by atoms with Crippen molar-refractivity contribution >= 4 is 34.2 Å². The molecule has 0 radical (unpaired) electrons. The number of hydrogen-bond acceptors (Lipinski definition) is 5. The normalized spacial score (nSPS) is 20.8. The van der Waals surface area contributed by atoms with Gasteiger partial charge in [-0.3, -0.25) is 9.98 Å². The average Bonchev–Trinajstić information content (AvgIpc) is 3.03. The van der Waals surface area contributed by atoms with Crippen LogP contribution in [-0.2, 0) is 16.0 Å². The highest BCUT2D eigenvalue weighted by molar-refractivity contribution is 8.16. The van der Waals surface area contributed by atoms with Gasteiger partial charge in [-0.15, -0.1) is 11.8 Å². The number of benzene rings is 1. The Morgan fingerprint density at radius 2 is 2.32 bits per heavy atom. The van der Waals surface area contributed by atoms with E-state index in [4.69, 9.17) is 4.74 Å². The van der Waals surface area contributed by atoms with Gasteiger partial charge in [0.25, 0.3) is 0 Å². The lowest BCUT2D eigenvalue weighted by Gasteiger charge is -2.00. The zero-order valence-electron chi connectivity index (χ0n) is 10.8. The summed E-state index contributed by atoms with van der Waals surface area (Å²) in [7, 11) is 1.40. The van der Waals surface area contributed by atoms with E-state index in [2.05, 4.69) is 29.0 Å². The maximum absolute atomic E-state index is 11.5. The Morgan fingerprint density at radius 3 is 3.11 bits per heavy atom. The van der Waals surface area contributed by atoms with Crippen LogP contribution in [0.4, 0.5) is 5.69 Å². The van der Waals surface area contributed by atoms with E-state index in [-0.39, 0.29) is 12.0 Å². The van der Waals surface area contributed by atoms with Crippen molar-refractivity contribution in [1.29, 1.82) is 0 Å². The summed E-state index contributed by atoms with van der Waals surface area (Å²) in [5, 5.41) is 0.879. The predicted octanol–water partition coefficient (Wildman–Crippen LogP) is 2.31. The first kappa shape index (κ1) is 12.4. The maximum Gasteiger partial charge on any atom is 0.331 e. The van der Waals surface area contributed by atoms with Gasteiger partial charge in [0.05, 0.1) is 18.5 Å². The molecule has 0 saturated carbocycles. The number of aryl methyl sites for hydroxylation is 1.